The first-order valence-corrected chi connectivity index (χ1v) is 8.59. The molecular weight excluding hydrogens is 324 g/mol. The molecule has 0 aliphatic carbocycles. The van der Waals surface area contributed by atoms with Crippen molar-refractivity contribution in [1.29, 1.82) is 0 Å². The average Bonchev–Trinajstić information content (AvgIpc) is 3.16. The smallest absolute Gasteiger partial charge is 0.239 e. The van der Waals surface area contributed by atoms with Crippen molar-refractivity contribution in [3.8, 4) is 5.69 Å². The van der Waals surface area contributed by atoms with E-state index in [0.717, 1.165) is 5.69 Å². The normalized spacial score (nSPS) is 13.2. The zero-order valence-electron chi connectivity index (χ0n) is 14.4. The fourth-order valence-corrected chi connectivity index (χ4v) is 2.85. The standard InChI is InChI=1S/C16H20N6OS/c1-10-6-8-12(9-7-10)22-15(18-20-21-22)24-11(2)13-17-14(19-23-13)16(3,4)5/h6-9,11H,1-5H3. The van der Waals surface area contributed by atoms with Gasteiger partial charge in [-0.05, 0) is 36.4 Å². The maximum atomic E-state index is 5.40. The van der Waals surface area contributed by atoms with Crippen molar-refractivity contribution in [2.75, 3.05) is 0 Å². The summed E-state index contributed by atoms with van der Waals surface area (Å²) in [5.74, 6) is 1.27. The second-order valence-electron chi connectivity index (χ2n) is 6.68. The molecule has 3 rings (SSSR count). The monoisotopic (exact) mass is 344 g/mol. The lowest BCUT2D eigenvalue weighted by Crippen LogP contribution is -2.13. The zero-order chi connectivity index (χ0) is 17.3. The lowest BCUT2D eigenvalue weighted by molar-refractivity contribution is 0.364. The van der Waals surface area contributed by atoms with Crippen LogP contribution in [0.5, 0.6) is 0 Å². The molecule has 0 aliphatic rings. The Morgan fingerprint density at radius 1 is 1.17 bits per heavy atom. The van der Waals surface area contributed by atoms with Crippen LogP contribution < -0.4 is 0 Å². The van der Waals surface area contributed by atoms with E-state index in [1.807, 2.05) is 38.1 Å². The molecule has 0 N–H and O–H groups in total. The molecule has 0 saturated heterocycles. The number of aromatic nitrogens is 6. The van der Waals surface area contributed by atoms with Crippen molar-refractivity contribution in [3.63, 3.8) is 0 Å². The van der Waals surface area contributed by atoms with Gasteiger partial charge in [-0.15, -0.1) is 5.10 Å². The van der Waals surface area contributed by atoms with Crippen LogP contribution in [0, 0.1) is 6.92 Å². The number of tetrazole rings is 1. The van der Waals surface area contributed by atoms with Gasteiger partial charge in [-0.3, -0.25) is 0 Å². The summed E-state index contributed by atoms with van der Waals surface area (Å²) in [5.41, 5.74) is 1.96. The van der Waals surface area contributed by atoms with Gasteiger partial charge < -0.3 is 4.52 Å². The molecule has 1 atom stereocenters. The highest BCUT2D eigenvalue weighted by Crippen LogP contribution is 2.34. The van der Waals surface area contributed by atoms with E-state index >= 15 is 0 Å². The number of hydrogen-bond acceptors (Lipinski definition) is 7. The van der Waals surface area contributed by atoms with Gasteiger partial charge in [0, 0.05) is 5.41 Å². The van der Waals surface area contributed by atoms with Crippen LogP contribution in [0.25, 0.3) is 5.69 Å². The van der Waals surface area contributed by atoms with Crippen LogP contribution >= 0.6 is 11.8 Å². The molecule has 0 amide bonds. The van der Waals surface area contributed by atoms with E-state index in [2.05, 4.69) is 46.4 Å². The van der Waals surface area contributed by atoms with Gasteiger partial charge in [-0.2, -0.15) is 9.67 Å². The topological polar surface area (TPSA) is 82.5 Å². The van der Waals surface area contributed by atoms with Crippen LogP contribution in [0.2, 0.25) is 0 Å². The molecular formula is C16H20N6OS. The molecule has 0 bridgehead atoms. The Hall–Kier alpha value is -2.22. The van der Waals surface area contributed by atoms with Crippen molar-refractivity contribution in [2.24, 2.45) is 0 Å². The summed E-state index contributed by atoms with van der Waals surface area (Å²) in [6.07, 6.45) is 0. The summed E-state index contributed by atoms with van der Waals surface area (Å²) in [4.78, 5) is 4.50. The number of aryl methyl sites for hydroxylation is 1. The molecule has 1 aromatic carbocycles. The molecule has 8 heteroatoms. The van der Waals surface area contributed by atoms with Gasteiger partial charge in [0.05, 0.1) is 10.9 Å². The Kier molecular flexibility index (Phi) is 4.40. The third-order valence-electron chi connectivity index (χ3n) is 3.46. The molecule has 2 heterocycles. The molecule has 0 spiro atoms. The summed E-state index contributed by atoms with van der Waals surface area (Å²) in [5, 5.41) is 16.7. The summed E-state index contributed by atoms with van der Waals surface area (Å²) in [6, 6.07) is 8.04. The van der Waals surface area contributed by atoms with E-state index in [0.29, 0.717) is 16.9 Å². The van der Waals surface area contributed by atoms with Crippen molar-refractivity contribution in [2.45, 2.75) is 50.4 Å². The SMILES string of the molecule is Cc1ccc(-n2nnnc2SC(C)c2nc(C(C)(C)C)no2)cc1. The van der Waals surface area contributed by atoms with Crippen molar-refractivity contribution in [3.05, 3.63) is 41.5 Å². The van der Waals surface area contributed by atoms with E-state index in [-0.39, 0.29) is 10.7 Å². The van der Waals surface area contributed by atoms with Gasteiger partial charge in [0.2, 0.25) is 11.0 Å². The highest BCUT2D eigenvalue weighted by Gasteiger charge is 2.24. The van der Waals surface area contributed by atoms with Gasteiger partial charge in [-0.1, -0.05) is 55.4 Å². The first-order chi connectivity index (χ1) is 11.3. The summed E-state index contributed by atoms with van der Waals surface area (Å²) in [6.45, 7) is 10.2. The van der Waals surface area contributed by atoms with Crippen LogP contribution in [0.15, 0.2) is 33.9 Å². The molecule has 0 saturated carbocycles. The Labute approximate surface area is 144 Å². The average molecular weight is 344 g/mol. The molecule has 3 aromatic rings. The summed E-state index contributed by atoms with van der Waals surface area (Å²) >= 11 is 1.48. The Balaban J connectivity index is 1.80. The zero-order valence-corrected chi connectivity index (χ0v) is 15.2. The highest BCUT2D eigenvalue weighted by atomic mass is 32.2. The first kappa shape index (κ1) is 16.6. The fraction of sp³-hybridized carbons (Fsp3) is 0.438. The minimum Gasteiger partial charge on any atom is -0.338 e. The summed E-state index contributed by atoms with van der Waals surface area (Å²) in [7, 11) is 0. The van der Waals surface area contributed by atoms with Crippen LogP contribution in [0.1, 0.15) is 50.2 Å². The molecule has 7 nitrogen and oxygen atoms in total. The third-order valence-corrected chi connectivity index (χ3v) is 4.48. The van der Waals surface area contributed by atoms with E-state index in [4.69, 9.17) is 4.52 Å². The van der Waals surface area contributed by atoms with E-state index in [1.54, 1.807) is 4.68 Å². The second kappa shape index (κ2) is 6.35. The van der Waals surface area contributed by atoms with Gasteiger partial charge in [0.15, 0.2) is 5.82 Å². The Morgan fingerprint density at radius 2 is 1.88 bits per heavy atom. The van der Waals surface area contributed by atoms with Crippen LogP contribution in [0.4, 0.5) is 0 Å². The molecule has 2 aromatic heterocycles. The fourth-order valence-electron chi connectivity index (χ4n) is 2.01. The lowest BCUT2D eigenvalue weighted by atomic mass is 9.96. The molecule has 1 unspecified atom stereocenters. The van der Waals surface area contributed by atoms with Crippen LogP contribution in [0.3, 0.4) is 0 Å². The number of thioether (sulfide) groups is 1. The predicted octanol–water partition coefficient (Wildman–Crippen LogP) is 3.50. The minimum absolute atomic E-state index is 0.0520. The summed E-state index contributed by atoms with van der Waals surface area (Å²) < 4.78 is 7.11. The van der Waals surface area contributed by atoms with Crippen molar-refractivity contribution in [1.82, 2.24) is 30.3 Å². The van der Waals surface area contributed by atoms with Gasteiger partial charge in [0.25, 0.3) is 0 Å². The highest BCUT2D eigenvalue weighted by molar-refractivity contribution is 7.99. The maximum Gasteiger partial charge on any atom is 0.239 e. The van der Waals surface area contributed by atoms with Gasteiger partial charge >= 0.3 is 0 Å². The predicted molar refractivity (Wildman–Crippen MR) is 91.2 cm³/mol. The maximum absolute atomic E-state index is 5.40. The van der Waals surface area contributed by atoms with E-state index in [9.17, 15) is 0 Å². The number of nitrogens with zero attached hydrogens (tertiary/aromatic N) is 6. The molecule has 126 valence electrons. The Morgan fingerprint density at radius 3 is 2.50 bits per heavy atom. The molecule has 0 aliphatic heterocycles. The Bertz CT molecular complexity index is 818. The quantitative estimate of drug-likeness (QED) is 0.670. The van der Waals surface area contributed by atoms with Gasteiger partial charge in [0.1, 0.15) is 0 Å². The third kappa shape index (κ3) is 3.48. The molecule has 0 radical (unpaired) electrons. The van der Waals surface area contributed by atoms with E-state index < -0.39 is 0 Å². The number of rotatable bonds is 4. The van der Waals surface area contributed by atoms with Crippen molar-refractivity contribution < 1.29 is 4.52 Å². The van der Waals surface area contributed by atoms with Crippen LogP contribution in [-0.4, -0.2) is 30.3 Å². The van der Waals surface area contributed by atoms with Crippen molar-refractivity contribution >= 4 is 11.8 Å². The first-order valence-electron chi connectivity index (χ1n) is 7.71. The molecule has 24 heavy (non-hydrogen) atoms. The second-order valence-corrected chi connectivity index (χ2v) is 7.98. The van der Waals surface area contributed by atoms with E-state index in [1.165, 1.54) is 17.3 Å². The lowest BCUT2D eigenvalue weighted by Gasteiger charge is -2.11. The minimum atomic E-state index is -0.143. The van der Waals surface area contributed by atoms with Crippen LogP contribution in [-0.2, 0) is 5.41 Å². The largest absolute Gasteiger partial charge is 0.338 e. The number of benzene rings is 1. The number of hydrogen-bond donors (Lipinski definition) is 0. The molecule has 0 fully saturated rings. The van der Waals surface area contributed by atoms with Gasteiger partial charge in [-0.25, -0.2) is 0 Å².